The third-order valence-corrected chi connectivity index (χ3v) is 4.81. The van der Waals surface area contributed by atoms with Crippen LogP contribution in [0.5, 0.6) is 5.75 Å². The molecule has 1 saturated heterocycles. The van der Waals surface area contributed by atoms with E-state index in [0.29, 0.717) is 12.4 Å². The maximum atomic E-state index is 13.1. The van der Waals surface area contributed by atoms with Crippen LogP contribution in [0.2, 0.25) is 0 Å². The van der Waals surface area contributed by atoms with E-state index in [1.165, 1.54) is 12.1 Å². The van der Waals surface area contributed by atoms with Crippen molar-refractivity contribution in [2.45, 2.75) is 19.1 Å². The largest absolute Gasteiger partial charge is 2.00 e. The van der Waals surface area contributed by atoms with E-state index in [0.717, 1.165) is 36.3 Å². The maximum Gasteiger partial charge on any atom is 2.00 e. The molecule has 2 aliphatic heterocycles. The summed E-state index contributed by atoms with van der Waals surface area (Å²) < 4.78 is 24.3. The number of hydrogen-bond acceptors (Lipinski definition) is 5. The summed E-state index contributed by atoms with van der Waals surface area (Å²) in [5.41, 5.74) is 2.70. The molecule has 2 aromatic carbocycles. The Morgan fingerprint density at radius 1 is 1.28 bits per heavy atom. The summed E-state index contributed by atoms with van der Waals surface area (Å²) in [5.74, 6) is 0.396. The van der Waals surface area contributed by atoms with Gasteiger partial charge in [-0.25, -0.2) is 14.3 Å². The number of aryl methyl sites for hydroxylation is 1. The molecule has 29 heavy (non-hydrogen) atoms. The Kier molecular flexibility index (Phi) is 7.13. The molecule has 3 heterocycles. The van der Waals surface area contributed by atoms with Crippen LogP contribution in [0.25, 0.3) is 11.0 Å². The number of rotatable bonds is 1. The number of ether oxygens (including phenoxy) is 2. The van der Waals surface area contributed by atoms with E-state index >= 15 is 0 Å². The van der Waals surface area contributed by atoms with Crippen molar-refractivity contribution < 1.29 is 30.9 Å². The number of fused-ring (bicyclic) bond motifs is 2. The second kappa shape index (κ2) is 9.59. The van der Waals surface area contributed by atoms with Crippen LogP contribution < -0.4 is 4.74 Å². The molecule has 0 spiro atoms. The van der Waals surface area contributed by atoms with Gasteiger partial charge in [0, 0.05) is 37.4 Å². The van der Waals surface area contributed by atoms with Gasteiger partial charge >= 0.3 is 17.1 Å². The predicted molar refractivity (Wildman–Crippen MR) is 103 cm³/mol. The molecule has 0 saturated carbocycles. The van der Waals surface area contributed by atoms with Gasteiger partial charge in [-0.15, -0.1) is 11.6 Å². The van der Waals surface area contributed by atoms with Crippen molar-refractivity contribution in [1.29, 1.82) is 0 Å². The molecule has 3 aromatic rings. The summed E-state index contributed by atoms with van der Waals surface area (Å²) in [4.78, 5) is 3.90. The van der Waals surface area contributed by atoms with Gasteiger partial charge < -0.3 is 9.47 Å². The van der Waals surface area contributed by atoms with Crippen molar-refractivity contribution >= 4 is 11.0 Å². The fourth-order valence-electron chi connectivity index (χ4n) is 3.46. The number of halogens is 1. The molecular weight excluding hydrogens is 414 g/mol. The second-order valence-electron chi connectivity index (χ2n) is 7.00. The third-order valence-electron chi connectivity index (χ3n) is 4.81. The van der Waals surface area contributed by atoms with E-state index < -0.39 is 0 Å². The average Bonchev–Trinajstić information content (AvgIpc) is 3.08. The zero-order valence-corrected chi connectivity index (χ0v) is 17.6. The molecule has 0 aliphatic carbocycles. The summed E-state index contributed by atoms with van der Waals surface area (Å²) in [6.45, 7) is 5.27. The van der Waals surface area contributed by atoms with E-state index in [9.17, 15) is 4.39 Å². The fraction of sp³-hybridized carbons (Fsp3) is 0.381. The zero-order valence-electron chi connectivity index (χ0n) is 16.4. The van der Waals surface area contributed by atoms with Gasteiger partial charge in [0.05, 0.1) is 19.3 Å². The Balaban J connectivity index is 0.000000186. The second-order valence-corrected chi connectivity index (χ2v) is 7.00. The zero-order chi connectivity index (χ0) is 19.5. The summed E-state index contributed by atoms with van der Waals surface area (Å²) >= 11 is 0. The van der Waals surface area contributed by atoms with E-state index in [1.807, 2.05) is 18.2 Å². The summed E-state index contributed by atoms with van der Waals surface area (Å²) in [6, 6.07) is 13.6. The molecule has 5 rings (SSSR count). The van der Waals surface area contributed by atoms with Gasteiger partial charge in [-0.05, 0) is 18.5 Å². The van der Waals surface area contributed by atoms with Crippen LogP contribution in [0.1, 0.15) is 12.5 Å². The molecule has 1 radical (unpaired) electrons. The van der Waals surface area contributed by atoms with E-state index in [4.69, 9.17) is 9.47 Å². The van der Waals surface area contributed by atoms with Crippen LogP contribution in [0.3, 0.4) is 0 Å². The molecule has 0 amide bonds. The SMILES string of the molecule is C[C@@H]1CN([C@@H]2[CH-]c3ccc(F)cc3OC2)CCO1.Cn1nc2[c-]cccc2n1.[Mn+2]. The third kappa shape index (κ3) is 5.28. The smallest absolute Gasteiger partial charge is 0.549 e. The van der Waals surface area contributed by atoms with Crippen LogP contribution in [0, 0.1) is 18.3 Å². The van der Waals surface area contributed by atoms with Crippen LogP contribution >= 0.6 is 0 Å². The molecular formula is C21H23FMnN4O2. The number of morpholine rings is 1. The van der Waals surface area contributed by atoms with Crippen molar-refractivity contribution in [3.05, 3.63) is 60.3 Å². The summed E-state index contributed by atoms with van der Waals surface area (Å²) in [6.07, 6.45) is 2.43. The number of hydrogen-bond donors (Lipinski definition) is 0. The van der Waals surface area contributed by atoms with Gasteiger partial charge in [-0.1, -0.05) is 6.07 Å². The maximum absolute atomic E-state index is 13.1. The van der Waals surface area contributed by atoms with Gasteiger partial charge in [0.2, 0.25) is 0 Å². The Hall–Kier alpha value is -2.12. The topological polar surface area (TPSA) is 52.4 Å². The molecule has 2 atom stereocenters. The van der Waals surface area contributed by atoms with Crippen LogP contribution in [-0.4, -0.2) is 58.3 Å². The predicted octanol–water partition coefficient (Wildman–Crippen LogP) is 2.63. The Bertz CT molecular complexity index is 918. The first-order valence-electron chi connectivity index (χ1n) is 9.39. The molecule has 1 fully saturated rings. The standard InChI is InChI=1S/C14H17FNO2.C7H6N3.Mn/c1-10-8-16(4-5-17-10)13-6-11-2-3-12(15)7-14(11)18-9-13;1-10-8-6-4-2-3-5-7(6)9-10;/h2-3,6-7,10,13H,4-5,8-9H2,1H3;2-4H,1H3;/q2*-1;+2/t10-,13-;;/m1../s1. The van der Waals surface area contributed by atoms with Crippen molar-refractivity contribution in [2.75, 3.05) is 26.3 Å². The van der Waals surface area contributed by atoms with Crippen molar-refractivity contribution in [3.8, 4) is 5.75 Å². The molecule has 6 nitrogen and oxygen atoms in total. The normalized spacial score (nSPS) is 21.1. The van der Waals surface area contributed by atoms with Crippen molar-refractivity contribution in [2.24, 2.45) is 7.05 Å². The molecule has 0 N–H and O–H groups in total. The Labute approximate surface area is 180 Å². The molecule has 2 aliphatic rings. The molecule has 8 heteroatoms. The Morgan fingerprint density at radius 3 is 2.93 bits per heavy atom. The first-order valence-corrected chi connectivity index (χ1v) is 9.39. The van der Waals surface area contributed by atoms with E-state index in [2.05, 4.69) is 34.5 Å². The van der Waals surface area contributed by atoms with Crippen LogP contribution in [0.4, 0.5) is 4.39 Å². The fourth-order valence-corrected chi connectivity index (χ4v) is 3.46. The first kappa shape index (κ1) is 21.6. The number of nitrogens with zero attached hydrogens (tertiary/aromatic N) is 4. The van der Waals surface area contributed by atoms with Crippen molar-refractivity contribution in [1.82, 2.24) is 19.9 Å². The van der Waals surface area contributed by atoms with Gasteiger partial charge in [-0.2, -0.15) is 35.8 Å². The number of aromatic nitrogens is 3. The van der Waals surface area contributed by atoms with Gasteiger partial charge in [0.25, 0.3) is 0 Å². The minimum Gasteiger partial charge on any atom is -0.549 e. The minimum atomic E-state index is -0.249. The molecule has 0 unspecified atom stereocenters. The van der Waals surface area contributed by atoms with Gasteiger partial charge in [0.1, 0.15) is 5.82 Å². The quantitative estimate of drug-likeness (QED) is 0.433. The Morgan fingerprint density at radius 2 is 2.14 bits per heavy atom. The van der Waals surface area contributed by atoms with Gasteiger partial charge in [0.15, 0.2) is 0 Å². The molecule has 0 bridgehead atoms. The van der Waals surface area contributed by atoms with E-state index in [-0.39, 0.29) is 35.0 Å². The van der Waals surface area contributed by atoms with Gasteiger partial charge in [-0.3, -0.25) is 4.90 Å². The summed E-state index contributed by atoms with van der Waals surface area (Å²) in [7, 11) is 1.80. The summed E-state index contributed by atoms with van der Waals surface area (Å²) in [5, 5.41) is 8.15. The minimum absolute atomic E-state index is 0. The number of benzene rings is 2. The van der Waals surface area contributed by atoms with E-state index in [1.54, 1.807) is 17.9 Å². The average molecular weight is 437 g/mol. The first-order chi connectivity index (χ1) is 13.6. The van der Waals surface area contributed by atoms with Crippen LogP contribution in [-0.2, 0) is 28.9 Å². The monoisotopic (exact) mass is 437 g/mol. The van der Waals surface area contributed by atoms with Crippen molar-refractivity contribution in [3.63, 3.8) is 0 Å². The van der Waals surface area contributed by atoms with Crippen LogP contribution in [0.15, 0.2) is 36.4 Å². The molecule has 1 aromatic heterocycles. The molecule has 153 valence electrons.